The molecule has 2 atom stereocenters. The summed E-state index contributed by atoms with van der Waals surface area (Å²) < 4.78 is 0. The van der Waals surface area contributed by atoms with Crippen molar-refractivity contribution in [1.82, 2.24) is 20.5 Å². The molecule has 2 aliphatic heterocycles. The van der Waals surface area contributed by atoms with Gasteiger partial charge in [-0.3, -0.25) is 0 Å². The fourth-order valence-electron chi connectivity index (χ4n) is 3.49. The van der Waals surface area contributed by atoms with Gasteiger partial charge in [0.1, 0.15) is 0 Å². The molecule has 1 N–H and O–H groups in total. The van der Waals surface area contributed by atoms with Crippen LogP contribution >= 0.6 is 0 Å². The summed E-state index contributed by atoms with van der Waals surface area (Å²) in [7, 11) is 0. The summed E-state index contributed by atoms with van der Waals surface area (Å²) in [6.45, 7) is 7.57. The van der Waals surface area contributed by atoms with Crippen LogP contribution in [-0.2, 0) is 12.8 Å². The molecule has 2 aliphatic rings. The van der Waals surface area contributed by atoms with Crippen molar-refractivity contribution in [2.24, 2.45) is 5.92 Å². The lowest BCUT2D eigenvalue weighted by atomic mass is 9.85. The lowest BCUT2D eigenvalue weighted by molar-refractivity contribution is 0.243. The van der Waals surface area contributed by atoms with Crippen LogP contribution in [0.5, 0.6) is 0 Å². The topological polar surface area (TPSA) is 53.9 Å². The first kappa shape index (κ1) is 13.7. The molecule has 20 heavy (non-hydrogen) atoms. The molecule has 2 saturated heterocycles. The van der Waals surface area contributed by atoms with Crippen molar-refractivity contribution < 1.29 is 0 Å². The van der Waals surface area contributed by atoms with Gasteiger partial charge in [0.25, 0.3) is 0 Å². The van der Waals surface area contributed by atoms with Gasteiger partial charge in [-0.2, -0.15) is 5.10 Å². The van der Waals surface area contributed by atoms with E-state index >= 15 is 0 Å². The maximum absolute atomic E-state index is 4.76. The lowest BCUT2D eigenvalue weighted by Gasteiger charge is -2.41. The second-order valence-electron chi connectivity index (χ2n) is 5.91. The first-order chi connectivity index (χ1) is 9.81. The van der Waals surface area contributed by atoms with Gasteiger partial charge in [-0.25, -0.2) is 4.98 Å². The van der Waals surface area contributed by atoms with Crippen LogP contribution in [0.2, 0.25) is 0 Å². The Balaban J connectivity index is 1.76. The molecule has 0 aromatic carbocycles. The summed E-state index contributed by atoms with van der Waals surface area (Å²) in [4.78, 5) is 7.09. The number of rotatable bonds is 3. The molecule has 0 saturated carbocycles. The second kappa shape index (κ2) is 6.04. The van der Waals surface area contributed by atoms with Gasteiger partial charge in [0, 0.05) is 19.1 Å². The number of hydrogen-bond donors (Lipinski definition) is 1. The minimum Gasteiger partial charge on any atom is -0.339 e. The fraction of sp³-hybridized carbons (Fsp3) is 0.800. The predicted octanol–water partition coefficient (Wildman–Crippen LogP) is 1.57. The standard InChI is InChI=1S/C15H25N5/c1-3-12-13(4-2)18-19-15(17-12)20-9-7-14-11(10-20)6-5-8-16-14/h11,14,16H,3-10H2,1-2H3. The summed E-state index contributed by atoms with van der Waals surface area (Å²) in [6, 6.07) is 0.702. The number of piperidine rings is 2. The van der Waals surface area contributed by atoms with Crippen LogP contribution in [-0.4, -0.2) is 40.9 Å². The average Bonchev–Trinajstić information content (AvgIpc) is 2.53. The molecule has 5 heteroatoms. The first-order valence-electron chi connectivity index (χ1n) is 8.02. The molecule has 2 fully saturated rings. The van der Waals surface area contributed by atoms with Crippen LogP contribution < -0.4 is 10.2 Å². The van der Waals surface area contributed by atoms with Gasteiger partial charge in [-0.05, 0) is 44.6 Å². The van der Waals surface area contributed by atoms with E-state index in [1.807, 2.05) is 0 Å². The summed E-state index contributed by atoms with van der Waals surface area (Å²) in [6.07, 6.45) is 5.68. The number of nitrogens with zero attached hydrogens (tertiary/aromatic N) is 4. The SMILES string of the molecule is CCc1nnc(N2CCC3NCCCC3C2)nc1CC. The van der Waals surface area contributed by atoms with Crippen LogP contribution in [0.15, 0.2) is 0 Å². The maximum atomic E-state index is 4.76. The molecular formula is C15H25N5. The number of hydrogen-bond acceptors (Lipinski definition) is 5. The number of fused-ring (bicyclic) bond motifs is 1. The number of aromatic nitrogens is 3. The highest BCUT2D eigenvalue weighted by Crippen LogP contribution is 2.26. The van der Waals surface area contributed by atoms with Crippen LogP contribution in [0.4, 0.5) is 5.95 Å². The zero-order chi connectivity index (χ0) is 13.9. The smallest absolute Gasteiger partial charge is 0.245 e. The molecule has 5 nitrogen and oxygen atoms in total. The van der Waals surface area contributed by atoms with E-state index < -0.39 is 0 Å². The van der Waals surface area contributed by atoms with Crippen molar-refractivity contribution in [2.75, 3.05) is 24.5 Å². The fourth-order valence-corrected chi connectivity index (χ4v) is 3.49. The predicted molar refractivity (Wildman–Crippen MR) is 79.9 cm³/mol. The van der Waals surface area contributed by atoms with E-state index in [1.165, 1.54) is 25.8 Å². The van der Waals surface area contributed by atoms with Gasteiger partial charge >= 0.3 is 0 Å². The van der Waals surface area contributed by atoms with Gasteiger partial charge in [0.15, 0.2) is 0 Å². The molecular weight excluding hydrogens is 250 g/mol. The highest BCUT2D eigenvalue weighted by molar-refractivity contribution is 5.32. The number of aryl methyl sites for hydroxylation is 2. The Bertz CT molecular complexity index is 462. The molecule has 2 unspecified atom stereocenters. The molecule has 0 radical (unpaired) electrons. The molecule has 0 aliphatic carbocycles. The van der Waals surface area contributed by atoms with Crippen LogP contribution in [0.1, 0.15) is 44.5 Å². The van der Waals surface area contributed by atoms with E-state index in [4.69, 9.17) is 4.98 Å². The largest absolute Gasteiger partial charge is 0.339 e. The average molecular weight is 275 g/mol. The van der Waals surface area contributed by atoms with Crippen molar-refractivity contribution in [1.29, 1.82) is 0 Å². The third-order valence-electron chi connectivity index (χ3n) is 4.67. The second-order valence-corrected chi connectivity index (χ2v) is 5.91. The summed E-state index contributed by atoms with van der Waals surface area (Å²) >= 11 is 0. The Morgan fingerprint density at radius 3 is 2.80 bits per heavy atom. The minimum absolute atomic E-state index is 0.702. The van der Waals surface area contributed by atoms with E-state index in [0.29, 0.717) is 6.04 Å². The molecule has 3 heterocycles. The van der Waals surface area contributed by atoms with E-state index in [1.54, 1.807) is 0 Å². The van der Waals surface area contributed by atoms with E-state index in [0.717, 1.165) is 49.2 Å². The van der Waals surface area contributed by atoms with Crippen LogP contribution in [0.25, 0.3) is 0 Å². The number of nitrogens with one attached hydrogen (secondary N) is 1. The van der Waals surface area contributed by atoms with Gasteiger partial charge in [0.2, 0.25) is 5.95 Å². The zero-order valence-electron chi connectivity index (χ0n) is 12.6. The maximum Gasteiger partial charge on any atom is 0.245 e. The minimum atomic E-state index is 0.702. The molecule has 1 aromatic rings. The van der Waals surface area contributed by atoms with Crippen molar-refractivity contribution in [2.45, 2.75) is 52.0 Å². The lowest BCUT2D eigenvalue weighted by Crippen LogP contribution is -2.52. The summed E-state index contributed by atoms with van der Waals surface area (Å²) in [5.41, 5.74) is 2.16. The Labute approximate surface area is 121 Å². The molecule has 110 valence electrons. The highest BCUT2D eigenvalue weighted by atomic mass is 15.3. The summed E-state index contributed by atoms with van der Waals surface area (Å²) in [5, 5.41) is 12.4. The van der Waals surface area contributed by atoms with Gasteiger partial charge < -0.3 is 10.2 Å². The van der Waals surface area contributed by atoms with Gasteiger partial charge in [-0.15, -0.1) is 5.10 Å². The Kier molecular flexibility index (Phi) is 4.15. The van der Waals surface area contributed by atoms with Crippen molar-refractivity contribution in [3.63, 3.8) is 0 Å². The van der Waals surface area contributed by atoms with Crippen LogP contribution in [0, 0.1) is 5.92 Å². The quantitative estimate of drug-likeness (QED) is 0.907. The number of anilines is 1. The monoisotopic (exact) mass is 275 g/mol. The van der Waals surface area contributed by atoms with Gasteiger partial charge in [0.05, 0.1) is 11.4 Å². The van der Waals surface area contributed by atoms with Crippen molar-refractivity contribution in [3.05, 3.63) is 11.4 Å². The molecule has 0 amide bonds. The Morgan fingerprint density at radius 1 is 1.15 bits per heavy atom. The van der Waals surface area contributed by atoms with Crippen molar-refractivity contribution >= 4 is 5.95 Å². The third kappa shape index (κ3) is 2.64. The summed E-state index contributed by atoms with van der Waals surface area (Å²) in [5.74, 6) is 1.58. The molecule has 1 aromatic heterocycles. The molecule has 3 rings (SSSR count). The van der Waals surface area contributed by atoms with E-state index in [-0.39, 0.29) is 0 Å². The van der Waals surface area contributed by atoms with E-state index in [9.17, 15) is 0 Å². The Morgan fingerprint density at radius 2 is 2.00 bits per heavy atom. The third-order valence-corrected chi connectivity index (χ3v) is 4.67. The highest BCUT2D eigenvalue weighted by Gasteiger charge is 2.32. The first-order valence-corrected chi connectivity index (χ1v) is 8.02. The Hall–Kier alpha value is -1.23. The van der Waals surface area contributed by atoms with Crippen molar-refractivity contribution in [3.8, 4) is 0 Å². The molecule has 0 spiro atoms. The molecule has 0 bridgehead atoms. The zero-order valence-corrected chi connectivity index (χ0v) is 12.6. The van der Waals surface area contributed by atoms with Gasteiger partial charge in [-0.1, -0.05) is 13.8 Å². The van der Waals surface area contributed by atoms with E-state index in [2.05, 4.69) is 34.3 Å². The normalized spacial score (nSPS) is 26.4. The van der Waals surface area contributed by atoms with Crippen LogP contribution in [0.3, 0.4) is 0 Å².